The molecule has 1 N–H and O–H groups in total. The van der Waals surface area contributed by atoms with Crippen LogP contribution in [0.2, 0.25) is 0 Å². The lowest BCUT2D eigenvalue weighted by Crippen LogP contribution is -2.19. The van der Waals surface area contributed by atoms with E-state index in [0.29, 0.717) is 11.3 Å². The van der Waals surface area contributed by atoms with Crippen molar-refractivity contribution in [3.05, 3.63) is 53.9 Å². The van der Waals surface area contributed by atoms with E-state index in [4.69, 9.17) is 4.74 Å². The molecule has 164 valence electrons. The lowest BCUT2D eigenvalue weighted by atomic mass is 10.1. The Hall–Kier alpha value is -3.70. The molecule has 0 unspecified atom stereocenters. The van der Waals surface area contributed by atoms with E-state index >= 15 is 0 Å². The summed E-state index contributed by atoms with van der Waals surface area (Å²) in [6, 6.07) is 5.59. The number of rotatable bonds is 6. The van der Waals surface area contributed by atoms with Crippen molar-refractivity contribution in [1.29, 1.82) is 0 Å². The molecule has 0 spiro atoms. The van der Waals surface area contributed by atoms with Gasteiger partial charge in [0.1, 0.15) is 23.1 Å². The number of halogens is 5. The van der Waals surface area contributed by atoms with Crippen LogP contribution in [-0.4, -0.2) is 40.6 Å². The zero-order valence-corrected chi connectivity index (χ0v) is 16.1. The van der Waals surface area contributed by atoms with E-state index in [1.807, 2.05) is 0 Å². The molecule has 31 heavy (non-hydrogen) atoms. The Balaban J connectivity index is 1.87. The van der Waals surface area contributed by atoms with Crippen LogP contribution in [0.3, 0.4) is 0 Å². The zero-order chi connectivity index (χ0) is 22.8. The number of anilines is 1. The van der Waals surface area contributed by atoms with Crippen molar-refractivity contribution < 1.29 is 36.2 Å². The summed E-state index contributed by atoms with van der Waals surface area (Å²) in [5.41, 5.74) is -0.177. The number of amides is 1. The van der Waals surface area contributed by atoms with Crippen molar-refractivity contribution >= 4 is 11.6 Å². The van der Waals surface area contributed by atoms with E-state index < -0.39 is 36.0 Å². The number of para-hydroxylation sites is 1. The highest BCUT2D eigenvalue weighted by Crippen LogP contribution is 2.32. The van der Waals surface area contributed by atoms with Gasteiger partial charge in [0, 0.05) is 19.3 Å². The van der Waals surface area contributed by atoms with E-state index in [1.165, 1.54) is 31.1 Å². The van der Waals surface area contributed by atoms with Gasteiger partial charge in [0.2, 0.25) is 5.88 Å². The third-order valence-electron chi connectivity index (χ3n) is 4.03. The van der Waals surface area contributed by atoms with Crippen molar-refractivity contribution in [2.24, 2.45) is 7.05 Å². The highest BCUT2D eigenvalue weighted by Gasteiger charge is 2.29. The second kappa shape index (κ2) is 8.58. The van der Waals surface area contributed by atoms with Crippen LogP contribution in [0.5, 0.6) is 11.6 Å². The monoisotopic (exact) mass is 442 g/mol. The van der Waals surface area contributed by atoms with E-state index in [-0.39, 0.29) is 17.3 Å². The lowest BCUT2D eigenvalue weighted by molar-refractivity contribution is -0.154. The van der Waals surface area contributed by atoms with E-state index in [2.05, 4.69) is 20.1 Å². The van der Waals surface area contributed by atoms with Gasteiger partial charge in [0.15, 0.2) is 12.3 Å². The molecule has 0 bridgehead atoms. The van der Waals surface area contributed by atoms with Crippen LogP contribution in [0, 0.1) is 11.6 Å². The molecule has 0 atom stereocenters. The fraction of sp³-hybridized carbons (Fsp3) is 0.211. The average Bonchev–Trinajstić information content (AvgIpc) is 3.10. The minimum Gasteiger partial charge on any atom is -0.496 e. The molecule has 2 heterocycles. The van der Waals surface area contributed by atoms with Gasteiger partial charge >= 0.3 is 6.18 Å². The first-order chi connectivity index (χ1) is 14.6. The molecule has 1 aromatic carbocycles. The van der Waals surface area contributed by atoms with Gasteiger partial charge in [0.25, 0.3) is 5.91 Å². The maximum atomic E-state index is 13.8. The Morgan fingerprint density at radius 1 is 1.19 bits per heavy atom. The molecule has 7 nitrogen and oxygen atoms in total. The molecule has 0 fully saturated rings. The molecule has 12 heteroatoms. The second-order valence-electron chi connectivity index (χ2n) is 6.22. The van der Waals surface area contributed by atoms with E-state index in [1.54, 1.807) is 0 Å². The average molecular weight is 442 g/mol. The number of benzene rings is 1. The van der Waals surface area contributed by atoms with Gasteiger partial charge in [-0.15, -0.1) is 0 Å². The molecule has 0 aliphatic carbocycles. The van der Waals surface area contributed by atoms with E-state index in [0.717, 1.165) is 24.3 Å². The maximum Gasteiger partial charge on any atom is 0.422 e. The standard InChI is InChI=1S/C19H15F5N4O3/c1-28-14(10-8-25-16(7-15(10)30-2)31-9-19(22,23)24)6-13(27-28)18(29)26-17-11(20)4-3-5-12(17)21/h3-8H,9H2,1-2H3,(H,26,29). The Morgan fingerprint density at radius 3 is 2.48 bits per heavy atom. The quantitative estimate of drug-likeness (QED) is 0.585. The number of ether oxygens (including phenoxy) is 2. The topological polar surface area (TPSA) is 78.3 Å². The number of nitrogens with one attached hydrogen (secondary N) is 1. The highest BCUT2D eigenvalue weighted by atomic mass is 19.4. The third-order valence-corrected chi connectivity index (χ3v) is 4.03. The number of hydrogen-bond acceptors (Lipinski definition) is 5. The normalized spacial score (nSPS) is 11.3. The number of carbonyl (C=O) groups is 1. The Morgan fingerprint density at radius 2 is 1.87 bits per heavy atom. The third kappa shape index (κ3) is 5.08. The molecule has 1 amide bonds. The second-order valence-corrected chi connectivity index (χ2v) is 6.22. The minimum absolute atomic E-state index is 0.113. The smallest absolute Gasteiger partial charge is 0.422 e. The molecule has 0 saturated carbocycles. The van der Waals surface area contributed by atoms with Gasteiger partial charge in [0.05, 0.1) is 18.4 Å². The van der Waals surface area contributed by atoms with Crippen LogP contribution >= 0.6 is 0 Å². The molecule has 2 aromatic heterocycles. The fourth-order valence-corrected chi connectivity index (χ4v) is 2.64. The first-order valence-corrected chi connectivity index (χ1v) is 8.62. The molecular weight excluding hydrogens is 427 g/mol. The Kier molecular flexibility index (Phi) is 6.09. The van der Waals surface area contributed by atoms with Crippen LogP contribution < -0.4 is 14.8 Å². The van der Waals surface area contributed by atoms with Crippen LogP contribution in [0.4, 0.5) is 27.6 Å². The summed E-state index contributed by atoms with van der Waals surface area (Å²) in [5.74, 6) is -2.98. The summed E-state index contributed by atoms with van der Waals surface area (Å²) in [6.45, 7) is -1.52. The SMILES string of the molecule is COc1cc(OCC(F)(F)F)ncc1-c1cc(C(=O)Nc2c(F)cccc2F)nn1C. The van der Waals surface area contributed by atoms with E-state index in [9.17, 15) is 26.7 Å². The Bertz CT molecular complexity index is 1090. The number of aromatic nitrogens is 3. The van der Waals surface area contributed by atoms with Gasteiger partial charge in [-0.1, -0.05) is 6.07 Å². The molecule has 0 aliphatic rings. The summed E-state index contributed by atoms with van der Waals surface area (Å²) in [4.78, 5) is 16.2. The Labute approximate surface area is 172 Å². The molecular formula is C19H15F5N4O3. The summed E-state index contributed by atoms with van der Waals surface area (Å²) in [5, 5.41) is 6.12. The molecule has 3 rings (SSSR count). The lowest BCUT2D eigenvalue weighted by Gasteiger charge is -2.12. The largest absolute Gasteiger partial charge is 0.496 e. The van der Waals surface area contributed by atoms with Crippen molar-refractivity contribution in [3.8, 4) is 22.9 Å². The van der Waals surface area contributed by atoms with Gasteiger partial charge < -0.3 is 14.8 Å². The molecule has 0 aliphatic heterocycles. The first-order valence-electron chi connectivity index (χ1n) is 8.62. The maximum absolute atomic E-state index is 13.8. The van der Waals surface area contributed by atoms with Gasteiger partial charge in [-0.05, 0) is 18.2 Å². The van der Waals surface area contributed by atoms with Crippen molar-refractivity contribution in [1.82, 2.24) is 14.8 Å². The predicted octanol–water partition coefficient (Wildman–Crippen LogP) is 3.96. The number of hydrogen-bond donors (Lipinski definition) is 1. The van der Waals surface area contributed by atoms with Crippen molar-refractivity contribution in [3.63, 3.8) is 0 Å². The number of carbonyl (C=O) groups excluding carboxylic acids is 1. The number of alkyl halides is 3. The number of pyridine rings is 1. The van der Waals surface area contributed by atoms with Gasteiger partial charge in [-0.25, -0.2) is 13.8 Å². The summed E-state index contributed by atoms with van der Waals surface area (Å²) in [6.07, 6.45) is -3.34. The van der Waals surface area contributed by atoms with Crippen molar-refractivity contribution in [2.75, 3.05) is 19.0 Å². The van der Waals surface area contributed by atoms with Crippen molar-refractivity contribution in [2.45, 2.75) is 6.18 Å². The molecule has 3 aromatic rings. The summed E-state index contributed by atoms with van der Waals surface area (Å²) >= 11 is 0. The van der Waals surface area contributed by atoms with Crippen LogP contribution in [0.1, 0.15) is 10.5 Å². The first kappa shape index (κ1) is 22.0. The van der Waals surface area contributed by atoms with Gasteiger partial charge in [-0.2, -0.15) is 18.3 Å². The number of methoxy groups -OCH3 is 1. The summed E-state index contributed by atoms with van der Waals surface area (Å²) in [7, 11) is 2.78. The molecule has 0 saturated heterocycles. The highest BCUT2D eigenvalue weighted by molar-refractivity contribution is 6.03. The molecule has 0 radical (unpaired) electrons. The predicted molar refractivity (Wildman–Crippen MR) is 98.9 cm³/mol. The van der Waals surface area contributed by atoms with Crippen LogP contribution in [0.25, 0.3) is 11.3 Å². The van der Waals surface area contributed by atoms with Crippen LogP contribution in [-0.2, 0) is 7.05 Å². The zero-order valence-electron chi connectivity index (χ0n) is 16.1. The number of nitrogens with zero attached hydrogens (tertiary/aromatic N) is 3. The summed E-state index contributed by atoms with van der Waals surface area (Å²) < 4.78 is 75.6. The van der Waals surface area contributed by atoms with Crippen LogP contribution in [0.15, 0.2) is 36.5 Å². The van der Waals surface area contributed by atoms with Gasteiger partial charge in [-0.3, -0.25) is 9.48 Å². The number of aryl methyl sites for hydroxylation is 1. The minimum atomic E-state index is -4.53. The fourth-order valence-electron chi connectivity index (χ4n) is 2.64.